The van der Waals surface area contributed by atoms with Crippen LogP contribution in [0.5, 0.6) is 0 Å². The molecule has 3 nitrogen and oxygen atoms in total. The van der Waals surface area contributed by atoms with E-state index in [1.54, 1.807) is 13.0 Å². The highest BCUT2D eigenvalue weighted by atomic mass is 16.3. The Hall–Kier alpha value is -0.670. The van der Waals surface area contributed by atoms with E-state index < -0.39 is 6.10 Å². The van der Waals surface area contributed by atoms with E-state index >= 15 is 0 Å². The molecule has 0 heterocycles. The topological polar surface area (TPSA) is 57.5 Å². The lowest BCUT2D eigenvalue weighted by atomic mass is 10.2. The van der Waals surface area contributed by atoms with E-state index in [9.17, 15) is 4.79 Å². The molecule has 0 rings (SSSR count). The van der Waals surface area contributed by atoms with Crippen LogP contribution in [0.4, 0.5) is 0 Å². The standard InChI is InChI=1S/C9H16O.C3H8O2/c1-3-4-5-6-7-8-9(2)10;1-3(5)2-4/h7-8H,3-6H2,1-2H3;3-5H,2H2,1H3. The van der Waals surface area contributed by atoms with Crippen LogP contribution in [-0.2, 0) is 4.79 Å². The van der Waals surface area contributed by atoms with E-state index in [0.717, 1.165) is 6.42 Å². The number of hydrogen-bond donors (Lipinski definition) is 2. The first-order valence-electron chi connectivity index (χ1n) is 5.50. The van der Waals surface area contributed by atoms with Crippen LogP contribution in [0.3, 0.4) is 0 Å². The molecule has 0 radical (unpaired) electrons. The van der Waals surface area contributed by atoms with Gasteiger partial charge in [0.25, 0.3) is 0 Å². The maximum Gasteiger partial charge on any atom is 0.152 e. The van der Waals surface area contributed by atoms with Crippen molar-refractivity contribution in [1.82, 2.24) is 0 Å². The average Bonchev–Trinajstić information content (AvgIpc) is 2.18. The van der Waals surface area contributed by atoms with Crippen LogP contribution in [-0.4, -0.2) is 28.7 Å². The number of rotatable bonds is 6. The molecule has 0 fully saturated rings. The molecule has 0 aliphatic rings. The van der Waals surface area contributed by atoms with Gasteiger partial charge in [0.2, 0.25) is 0 Å². The first kappa shape index (κ1) is 16.7. The Balaban J connectivity index is 0. The molecule has 0 bridgehead atoms. The van der Waals surface area contributed by atoms with Crippen molar-refractivity contribution < 1.29 is 15.0 Å². The molecular weight excluding hydrogens is 192 g/mol. The van der Waals surface area contributed by atoms with Gasteiger partial charge in [-0.05, 0) is 32.8 Å². The summed E-state index contributed by atoms with van der Waals surface area (Å²) in [5.74, 6) is 0.150. The van der Waals surface area contributed by atoms with Crippen molar-refractivity contribution in [3.05, 3.63) is 12.2 Å². The van der Waals surface area contributed by atoms with Crippen LogP contribution in [0.25, 0.3) is 0 Å². The van der Waals surface area contributed by atoms with Gasteiger partial charge in [-0.1, -0.05) is 25.8 Å². The van der Waals surface area contributed by atoms with Gasteiger partial charge in [0.1, 0.15) is 0 Å². The zero-order valence-electron chi connectivity index (χ0n) is 10.1. The second-order valence-electron chi connectivity index (χ2n) is 3.54. The maximum absolute atomic E-state index is 10.4. The molecule has 0 saturated heterocycles. The highest BCUT2D eigenvalue weighted by Crippen LogP contribution is 1.99. The Bertz CT molecular complexity index is 162. The van der Waals surface area contributed by atoms with Gasteiger partial charge >= 0.3 is 0 Å². The summed E-state index contributed by atoms with van der Waals surface area (Å²) >= 11 is 0. The Morgan fingerprint density at radius 1 is 1.40 bits per heavy atom. The summed E-state index contributed by atoms with van der Waals surface area (Å²) < 4.78 is 0. The zero-order chi connectivity index (χ0) is 12.1. The van der Waals surface area contributed by atoms with E-state index in [-0.39, 0.29) is 12.4 Å². The van der Waals surface area contributed by atoms with Gasteiger partial charge < -0.3 is 10.2 Å². The fourth-order valence-corrected chi connectivity index (χ4v) is 0.761. The van der Waals surface area contributed by atoms with Gasteiger partial charge in [0.05, 0.1) is 12.7 Å². The minimum atomic E-state index is -0.560. The summed E-state index contributed by atoms with van der Waals surface area (Å²) in [7, 11) is 0. The van der Waals surface area contributed by atoms with Crippen LogP contribution < -0.4 is 0 Å². The van der Waals surface area contributed by atoms with E-state index in [2.05, 4.69) is 6.92 Å². The van der Waals surface area contributed by atoms with Crippen LogP contribution in [0.1, 0.15) is 46.5 Å². The minimum Gasteiger partial charge on any atom is -0.394 e. The van der Waals surface area contributed by atoms with E-state index in [1.807, 2.05) is 6.08 Å². The number of aliphatic hydroxyl groups is 2. The van der Waals surface area contributed by atoms with Gasteiger partial charge in [-0.2, -0.15) is 0 Å². The van der Waals surface area contributed by atoms with Crippen LogP contribution in [0.15, 0.2) is 12.2 Å². The number of hydrogen-bond acceptors (Lipinski definition) is 3. The molecule has 0 aromatic heterocycles. The molecule has 15 heavy (non-hydrogen) atoms. The monoisotopic (exact) mass is 216 g/mol. The average molecular weight is 216 g/mol. The van der Waals surface area contributed by atoms with Gasteiger partial charge in [-0.15, -0.1) is 0 Å². The lowest BCUT2D eigenvalue weighted by Crippen LogP contribution is -2.03. The predicted octanol–water partition coefficient (Wildman–Crippen LogP) is 2.07. The number of carbonyl (C=O) groups is 1. The van der Waals surface area contributed by atoms with Crippen molar-refractivity contribution in [2.45, 2.75) is 52.6 Å². The lowest BCUT2D eigenvalue weighted by Gasteiger charge is -1.90. The Morgan fingerprint density at radius 2 is 1.93 bits per heavy atom. The summed E-state index contributed by atoms with van der Waals surface area (Å²) in [6, 6.07) is 0. The molecule has 0 aliphatic carbocycles. The van der Waals surface area contributed by atoms with Crippen LogP contribution >= 0.6 is 0 Å². The quantitative estimate of drug-likeness (QED) is 0.528. The second kappa shape index (κ2) is 13.3. The van der Waals surface area contributed by atoms with Crippen molar-refractivity contribution in [3.8, 4) is 0 Å². The molecule has 1 atom stereocenters. The fourth-order valence-electron chi connectivity index (χ4n) is 0.761. The fraction of sp³-hybridized carbons (Fsp3) is 0.750. The van der Waals surface area contributed by atoms with Crippen LogP contribution in [0.2, 0.25) is 0 Å². The molecule has 1 unspecified atom stereocenters. The van der Waals surface area contributed by atoms with Crippen molar-refractivity contribution in [2.24, 2.45) is 0 Å². The van der Waals surface area contributed by atoms with Gasteiger partial charge in [0.15, 0.2) is 5.78 Å². The molecule has 0 aromatic rings. The van der Waals surface area contributed by atoms with Crippen LogP contribution in [0, 0.1) is 0 Å². The van der Waals surface area contributed by atoms with Crippen molar-refractivity contribution in [3.63, 3.8) is 0 Å². The molecule has 0 aliphatic heterocycles. The molecular formula is C12H24O3. The second-order valence-corrected chi connectivity index (χ2v) is 3.54. The first-order chi connectivity index (χ1) is 7.04. The Labute approximate surface area is 92.8 Å². The number of ketones is 1. The normalized spacial score (nSPS) is 12.1. The molecule has 0 saturated carbocycles. The molecule has 0 aromatic carbocycles. The number of unbranched alkanes of at least 4 members (excludes halogenated alkanes) is 3. The lowest BCUT2D eigenvalue weighted by molar-refractivity contribution is -0.112. The third-order valence-electron chi connectivity index (χ3n) is 1.59. The summed E-state index contributed by atoms with van der Waals surface area (Å²) in [4.78, 5) is 10.4. The Kier molecular flexibility index (Phi) is 14.9. The third-order valence-corrected chi connectivity index (χ3v) is 1.59. The molecule has 2 N–H and O–H groups in total. The highest BCUT2D eigenvalue weighted by Gasteiger charge is 1.83. The largest absolute Gasteiger partial charge is 0.394 e. The van der Waals surface area contributed by atoms with Crippen molar-refractivity contribution in [1.29, 1.82) is 0 Å². The molecule has 3 heteroatoms. The van der Waals surface area contributed by atoms with Crippen molar-refractivity contribution >= 4 is 5.78 Å². The molecule has 90 valence electrons. The summed E-state index contributed by atoms with van der Waals surface area (Å²) in [6.07, 6.45) is 7.81. The van der Waals surface area contributed by atoms with E-state index in [4.69, 9.17) is 10.2 Å². The molecule has 0 amide bonds. The summed E-state index contributed by atoms with van der Waals surface area (Å²) in [6.45, 7) is 5.14. The minimum absolute atomic E-state index is 0.139. The van der Waals surface area contributed by atoms with E-state index in [0.29, 0.717) is 0 Å². The zero-order valence-corrected chi connectivity index (χ0v) is 10.1. The van der Waals surface area contributed by atoms with Gasteiger partial charge in [-0.25, -0.2) is 0 Å². The molecule has 0 spiro atoms. The Morgan fingerprint density at radius 3 is 2.27 bits per heavy atom. The number of allylic oxidation sites excluding steroid dienone is 2. The smallest absolute Gasteiger partial charge is 0.152 e. The SMILES string of the molecule is CC(O)CO.CCCCCC=CC(C)=O. The van der Waals surface area contributed by atoms with E-state index in [1.165, 1.54) is 26.2 Å². The van der Waals surface area contributed by atoms with Gasteiger partial charge in [-0.3, -0.25) is 4.79 Å². The number of carbonyl (C=O) groups excluding carboxylic acids is 1. The summed E-state index contributed by atoms with van der Waals surface area (Å²) in [5, 5.41) is 16.0. The highest BCUT2D eigenvalue weighted by molar-refractivity contribution is 5.87. The maximum atomic E-state index is 10.4. The van der Waals surface area contributed by atoms with Crippen molar-refractivity contribution in [2.75, 3.05) is 6.61 Å². The van der Waals surface area contributed by atoms with Gasteiger partial charge in [0, 0.05) is 0 Å². The number of aliphatic hydroxyl groups excluding tert-OH is 2. The first-order valence-corrected chi connectivity index (χ1v) is 5.50. The predicted molar refractivity (Wildman–Crippen MR) is 62.7 cm³/mol. The third kappa shape index (κ3) is 24.7. The summed E-state index contributed by atoms with van der Waals surface area (Å²) in [5.41, 5.74) is 0.